The maximum Gasteiger partial charge on any atom is 0.339 e. The number of hydrogen-bond acceptors (Lipinski definition) is 4. The van der Waals surface area contributed by atoms with E-state index in [0.29, 0.717) is 22.0 Å². The summed E-state index contributed by atoms with van der Waals surface area (Å²) in [5.41, 5.74) is 0.783. The van der Waals surface area contributed by atoms with E-state index in [1.54, 1.807) is 24.3 Å². The summed E-state index contributed by atoms with van der Waals surface area (Å²) in [7, 11) is 1.29. The number of anilines is 1. The summed E-state index contributed by atoms with van der Waals surface area (Å²) in [6, 6.07) is 9.53. The van der Waals surface area contributed by atoms with Crippen LogP contribution in [0.3, 0.4) is 0 Å². The minimum absolute atomic E-state index is 0.306. The Kier molecular flexibility index (Phi) is 4.32. The molecular weight excluding hydrogens is 280 g/mol. The van der Waals surface area contributed by atoms with Gasteiger partial charge in [0.25, 0.3) is 5.91 Å². The Hall–Kier alpha value is -2.40. The standard InChI is InChI=1S/C14H11ClN2O3/c1-20-14(19)10-4-7-12(16-8-10)17-13(18)9-2-5-11(15)6-3-9/h2-8H,1H3,(H,16,17,18). The van der Waals surface area contributed by atoms with Crippen LogP contribution in [0.2, 0.25) is 5.02 Å². The normalized spacial score (nSPS) is 9.90. The molecule has 20 heavy (non-hydrogen) atoms. The van der Waals surface area contributed by atoms with Gasteiger partial charge in [-0.25, -0.2) is 9.78 Å². The van der Waals surface area contributed by atoms with Crippen molar-refractivity contribution in [2.75, 3.05) is 12.4 Å². The van der Waals surface area contributed by atoms with E-state index < -0.39 is 5.97 Å². The highest BCUT2D eigenvalue weighted by molar-refractivity contribution is 6.30. The monoisotopic (exact) mass is 290 g/mol. The average molecular weight is 291 g/mol. The minimum atomic E-state index is -0.479. The molecule has 0 fully saturated rings. The van der Waals surface area contributed by atoms with Gasteiger partial charge in [0.1, 0.15) is 5.82 Å². The van der Waals surface area contributed by atoms with Crippen LogP contribution >= 0.6 is 11.6 Å². The molecule has 0 aliphatic carbocycles. The van der Waals surface area contributed by atoms with Crippen molar-refractivity contribution in [3.63, 3.8) is 0 Å². The third-order valence-corrected chi connectivity index (χ3v) is 2.78. The second kappa shape index (κ2) is 6.16. The number of ether oxygens (including phenoxy) is 1. The molecule has 1 heterocycles. The van der Waals surface area contributed by atoms with E-state index in [1.165, 1.54) is 25.4 Å². The number of methoxy groups -OCH3 is 1. The molecule has 1 N–H and O–H groups in total. The first-order valence-electron chi connectivity index (χ1n) is 5.71. The lowest BCUT2D eigenvalue weighted by molar-refractivity contribution is 0.0600. The molecule has 1 aromatic carbocycles. The smallest absolute Gasteiger partial charge is 0.339 e. The van der Waals surface area contributed by atoms with Crippen molar-refractivity contribution in [1.82, 2.24) is 4.98 Å². The molecule has 5 nitrogen and oxygen atoms in total. The number of aromatic nitrogens is 1. The Balaban J connectivity index is 2.08. The second-order valence-corrected chi connectivity index (χ2v) is 4.32. The Morgan fingerprint density at radius 1 is 1.10 bits per heavy atom. The molecule has 0 unspecified atom stereocenters. The van der Waals surface area contributed by atoms with E-state index in [0.717, 1.165) is 0 Å². The first kappa shape index (κ1) is 14.0. The lowest BCUT2D eigenvalue weighted by Crippen LogP contribution is -2.13. The number of nitrogens with one attached hydrogen (secondary N) is 1. The lowest BCUT2D eigenvalue weighted by Gasteiger charge is -2.05. The van der Waals surface area contributed by atoms with Gasteiger partial charge in [0, 0.05) is 16.8 Å². The Labute approximate surface area is 120 Å². The van der Waals surface area contributed by atoms with Crippen LogP contribution in [0.5, 0.6) is 0 Å². The zero-order chi connectivity index (χ0) is 14.5. The van der Waals surface area contributed by atoms with Crippen molar-refractivity contribution in [3.05, 3.63) is 58.7 Å². The highest BCUT2D eigenvalue weighted by atomic mass is 35.5. The zero-order valence-corrected chi connectivity index (χ0v) is 11.3. The van der Waals surface area contributed by atoms with Gasteiger partial charge in [-0.05, 0) is 36.4 Å². The van der Waals surface area contributed by atoms with Crippen molar-refractivity contribution in [2.24, 2.45) is 0 Å². The van der Waals surface area contributed by atoms with Crippen LogP contribution in [0.1, 0.15) is 20.7 Å². The number of hydrogen-bond donors (Lipinski definition) is 1. The molecule has 0 spiro atoms. The van der Waals surface area contributed by atoms with Crippen LogP contribution in [0.25, 0.3) is 0 Å². The van der Waals surface area contributed by atoms with E-state index in [4.69, 9.17) is 11.6 Å². The summed E-state index contributed by atoms with van der Waals surface area (Å²) >= 11 is 5.75. The van der Waals surface area contributed by atoms with Crippen LogP contribution in [-0.2, 0) is 4.74 Å². The topological polar surface area (TPSA) is 68.3 Å². The first-order valence-corrected chi connectivity index (χ1v) is 6.09. The first-order chi connectivity index (χ1) is 9.60. The number of carbonyl (C=O) groups is 2. The number of carbonyl (C=O) groups excluding carboxylic acids is 2. The average Bonchev–Trinajstić information content (AvgIpc) is 2.48. The maximum atomic E-state index is 11.9. The minimum Gasteiger partial charge on any atom is -0.465 e. The van der Waals surface area contributed by atoms with E-state index in [2.05, 4.69) is 15.0 Å². The van der Waals surface area contributed by atoms with Crippen molar-refractivity contribution >= 4 is 29.3 Å². The number of pyridine rings is 1. The van der Waals surface area contributed by atoms with Crippen LogP contribution < -0.4 is 5.32 Å². The lowest BCUT2D eigenvalue weighted by atomic mass is 10.2. The molecule has 0 bridgehead atoms. The van der Waals surface area contributed by atoms with Gasteiger partial charge in [0.2, 0.25) is 0 Å². The van der Waals surface area contributed by atoms with Gasteiger partial charge < -0.3 is 10.1 Å². The van der Waals surface area contributed by atoms with E-state index >= 15 is 0 Å². The molecule has 1 amide bonds. The van der Waals surface area contributed by atoms with Gasteiger partial charge in [-0.15, -0.1) is 0 Å². The molecule has 0 aliphatic heterocycles. The van der Waals surface area contributed by atoms with Crippen molar-refractivity contribution in [3.8, 4) is 0 Å². The number of amides is 1. The van der Waals surface area contributed by atoms with Gasteiger partial charge in [0.05, 0.1) is 12.7 Å². The molecule has 6 heteroatoms. The number of esters is 1. The second-order valence-electron chi connectivity index (χ2n) is 3.88. The molecule has 0 saturated carbocycles. The van der Waals surface area contributed by atoms with E-state index in [-0.39, 0.29) is 5.91 Å². The predicted molar refractivity (Wildman–Crippen MR) is 75.0 cm³/mol. The van der Waals surface area contributed by atoms with Gasteiger partial charge in [-0.2, -0.15) is 0 Å². The Morgan fingerprint density at radius 3 is 2.30 bits per heavy atom. The molecule has 0 aliphatic rings. The Bertz CT molecular complexity index is 624. The quantitative estimate of drug-likeness (QED) is 0.883. The SMILES string of the molecule is COC(=O)c1ccc(NC(=O)c2ccc(Cl)cc2)nc1. The molecule has 0 radical (unpaired) electrons. The van der Waals surface area contributed by atoms with Gasteiger partial charge in [-0.3, -0.25) is 4.79 Å². The molecule has 2 rings (SSSR count). The van der Waals surface area contributed by atoms with Crippen LogP contribution in [-0.4, -0.2) is 24.0 Å². The van der Waals surface area contributed by atoms with E-state index in [9.17, 15) is 9.59 Å². The van der Waals surface area contributed by atoms with Crippen LogP contribution in [0, 0.1) is 0 Å². The van der Waals surface area contributed by atoms with Crippen LogP contribution in [0.4, 0.5) is 5.82 Å². The Morgan fingerprint density at radius 2 is 1.75 bits per heavy atom. The largest absolute Gasteiger partial charge is 0.465 e. The summed E-state index contributed by atoms with van der Waals surface area (Å²) in [5, 5.41) is 3.17. The summed E-state index contributed by atoms with van der Waals surface area (Å²) < 4.78 is 4.56. The molecule has 0 saturated heterocycles. The number of halogens is 1. The molecule has 1 aromatic heterocycles. The summed E-state index contributed by atoms with van der Waals surface area (Å²) in [4.78, 5) is 27.1. The molecule has 102 valence electrons. The van der Waals surface area contributed by atoms with Gasteiger partial charge in [-0.1, -0.05) is 11.6 Å². The van der Waals surface area contributed by atoms with E-state index in [1.807, 2.05) is 0 Å². The van der Waals surface area contributed by atoms with Crippen molar-refractivity contribution < 1.29 is 14.3 Å². The number of benzene rings is 1. The molecule has 2 aromatic rings. The van der Waals surface area contributed by atoms with Gasteiger partial charge in [0.15, 0.2) is 0 Å². The third kappa shape index (κ3) is 3.33. The summed E-state index contributed by atoms with van der Waals surface area (Å²) in [6.45, 7) is 0. The van der Waals surface area contributed by atoms with Crippen LogP contribution in [0.15, 0.2) is 42.6 Å². The highest BCUT2D eigenvalue weighted by Crippen LogP contribution is 2.12. The molecular formula is C14H11ClN2O3. The number of nitrogens with zero attached hydrogens (tertiary/aromatic N) is 1. The van der Waals surface area contributed by atoms with Gasteiger partial charge >= 0.3 is 5.97 Å². The summed E-state index contributed by atoms with van der Waals surface area (Å²) in [6.07, 6.45) is 1.34. The predicted octanol–water partition coefficient (Wildman–Crippen LogP) is 2.77. The summed E-state index contributed by atoms with van der Waals surface area (Å²) in [5.74, 6) is -0.439. The molecule has 0 atom stereocenters. The maximum absolute atomic E-state index is 11.9. The zero-order valence-electron chi connectivity index (χ0n) is 10.6. The fourth-order valence-corrected chi connectivity index (χ4v) is 1.62. The fraction of sp³-hybridized carbons (Fsp3) is 0.0714. The highest BCUT2D eigenvalue weighted by Gasteiger charge is 2.09. The van der Waals surface area contributed by atoms with Crippen molar-refractivity contribution in [2.45, 2.75) is 0 Å². The number of rotatable bonds is 3. The van der Waals surface area contributed by atoms with Crippen molar-refractivity contribution in [1.29, 1.82) is 0 Å². The fourth-order valence-electron chi connectivity index (χ4n) is 1.50. The third-order valence-electron chi connectivity index (χ3n) is 2.53.